The van der Waals surface area contributed by atoms with E-state index in [9.17, 15) is 23.1 Å². The Bertz CT molecular complexity index is 1090. The largest absolute Gasteiger partial charge is 0.419 e. The normalized spacial score (nSPS) is 15.6. The molecular weight excluding hydrogens is 424 g/mol. The van der Waals surface area contributed by atoms with E-state index in [-0.39, 0.29) is 23.7 Å². The first-order valence-corrected chi connectivity index (χ1v) is 10.8. The number of benzene rings is 2. The highest BCUT2D eigenvalue weighted by atomic mass is 32.2. The third-order valence-electron chi connectivity index (χ3n) is 4.29. The fraction of sp³-hybridized carbons (Fsp3) is 0.238. The molecule has 3 rings (SSSR count). The van der Waals surface area contributed by atoms with Crippen LogP contribution in [0.1, 0.15) is 13.8 Å². The first-order valence-electron chi connectivity index (χ1n) is 9.37. The molecule has 31 heavy (non-hydrogen) atoms. The standard InChI is InChI=1S/C21H22N2O7S/c1-21(2)29-19(25)16(20(26)30-21)14-22-17-10-6-7-11-18(17)31(27,28)23(12-13-24)15-8-4-3-5-9-15/h3-11,14,22,24H,12-13H2,1-2H3. The van der Waals surface area contributed by atoms with Gasteiger partial charge in [-0.05, 0) is 24.3 Å². The zero-order valence-corrected chi connectivity index (χ0v) is 17.8. The predicted octanol–water partition coefficient (Wildman–Crippen LogP) is 2.01. The molecule has 0 unspecified atom stereocenters. The summed E-state index contributed by atoms with van der Waals surface area (Å²) < 4.78 is 37.9. The predicted molar refractivity (Wildman–Crippen MR) is 112 cm³/mol. The number of esters is 2. The molecule has 0 amide bonds. The van der Waals surface area contributed by atoms with Gasteiger partial charge in [-0.2, -0.15) is 0 Å². The Kier molecular flexibility index (Phi) is 6.32. The summed E-state index contributed by atoms with van der Waals surface area (Å²) in [4.78, 5) is 24.1. The molecule has 0 radical (unpaired) electrons. The van der Waals surface area contributed by atoms with Crippen LogP contribution in [0, 0.1) is 0 Å². The number of rotatable bonds is 7. The number of aliphatic hydroxyl groups excluding tert-OH is 1. The highest BCUT2D eigenvalue weighted by Crippen LogP contribution is 2.29. The SMILES string of the molecule is CC1(C)OC(=O)C(=CNc2ccccc2S(=O)(=O)N(CCO)c2ccccc2)C(=O)O1. The molecule has 0 saturated carbocycles. The summed E-state index contributed by atoms with van der Waals surface area (Å²) >= 11 is 0. The van der Waals surface area contributed by atoms with Gasteiger partial charge in [0.1, 0.15) is 4.90 Å². The van der Waals surface area contributed by atoms with Gasteiger partial charge in [0.05, 0.1) is 24.5 Å². The van der Waals surface area contributed by atoms with E-state index in [2.05, 4.69) is 5.32 Å². The summed E-state index contributed by atoms with van der Waals surface area (Å²) in [6.07, 6.45) is 1.05. The van der Waals surface area contributed by atoms with Crippen LogP contribution in [0.3, 0.4) is 0 Å². The average Bonchev–Trinajstić information content (AvgIpc) is 2.71. The van der Waals surface area contributed by atoms with Gasteiger partial charge in [-0.3, -0.25) is 4.31 Å². The van der Waals surface area contributed by atoms with Crippen LogP contribution in [-0.2, 0) is 29.1 Å². The Morgan fingerprint density at radius 2 is 1.58 bits per heavy atom. The topological polar surface area (TPSA) is 122 Å². The zero-order chi connectivity index (χ0) is 22.6. The Labute approximate surface area is 179 Å². The van der Waals surface area contributed by atoms with Crippen LogP contribution in [-0.4, -0.2) is 44.4 Å². The quantitative estimate of drug-likeness (QED) is 0.376. The third-order valence-corrected chi connectivity index (χ3v) is 6.18. The summed E-state index contributed by atoms with van der Waals surface area (Å²) in [5.41, 5.74) is 0.104. The van der Waals surface area contributed by atoms with Crippen molar-refractivity contribution < 1.29 is 32.6 Å². The second-order valence-electron chi connectivity index (χ2n) is 7.01. The summed E-state index contributed by atoms with van der Waals surface area (Å²) in [7, 11) is -4.10. The number of sulfonamides is 1. The van der Waals surface area contributed by atoms with Crippen molar-refractivity contribution in [3.05, 3.63) is 66.4 Å². The van der Waals surface area contributed by atoms with Gasteiger partial charge in [0.2, 0.25) is 0 Å². The monoisotopic (exact) mass is 446 g/mol. The number of carbonyl (C=O) groups excluding carboxylic acids is 2. The van der Waals surface area contributed by atoms with Crippen molar-refractivity contribution in [3.8, 4) is 0 Å². The van der Waals surface area contributed by atoms with Gasteiger partial charge in [0.15, 0.2) is 5.57 Å². The minimum atomic E-state index is -4.10. The Morgan fingerprint density at radius 1 is 1.00 bits per heavy atom. The van der Waals surface area contributed by atoms with Gasteiger partial charge in [-0.1, -0.05) is 30.3 Å². The van der Waals surface area contributed by atoms with E-state index in [1.807, 2.05) is 0 Å². The zero-order valence-electron chi connectivity index (χ0n) is 16.9. The Hall–Kier alpha value is -3.37. The number of para-hydroxylation sites is 2. The van der Waals surface area contributed by atoms with Crippen molar-refractivity contribution in [3.63, 3.8) is 0 Å². The third kappa shape index (κ3) is 4.86. The molecule has 0 spiro atoms. The van der Waals surface area contributed by atoms with E-state index in [4.69, 9.17) is 9.47 Å². The van der Waals surface area contributed by atoms with Crippen LogP contribution in [0.15, 0.2) is 71.3 Å². The molecule has 1 aliphatic rings. The lowest BCUT2D eigenvalue weighted by molar-refractivity contribution is -0.222. The van der Waals surface area contributed by atoms with Gasteiger partial charge < -0.3 is 19.9 Å². The van der Waals surface area contributed by atoms with Crippen molar-refractivity contribution in [2.75, 3.05) is 22.8 Å². The minimum Gasteiger partial charge on any atom is -0.419 e. The van der Waals surface area contributed by atoms with Gasteiger partial charge in [-0.15, -0.1) is 0 Å². The molecule has 1 fully saturated rings. The van der Waals surface area contributed by atoms with Crippen LogP contribution in [0.2, 0.25) is 0 Å². The molecule has 1 heterocycles. The lowest BCUT2D eigenvalue weighted by Crippen LogP contribution is -2.42. The van der Waals surface area contributed by atoms with Gasteiger partial charge in [-0.25, -0.2) is 18.0 Å². The number of hydrogen-bond donors (Lipinski definition) is 2. The Balaban J connectivity index is 1.96. The Morgan fingerprint density at radius 3 is 2.19 bits per heavy atom. The molecule has 164 valence electrons. The minimum absolute atomic E-state index is 0.109. The second-order valence-corrected chi connectivity index (χ2v) is 8.84. The van der Waals surface area contributed by atoms with E-state index in [0.29, 0.717) is 5.69 Å². The van der Waals surface area contributed by atoms with Gasteiger partial charge in [0, 0.05) is 20.0 Å². The van der Waals surface area contributed by atoms with Crippen molar-refractivity contribution in [1.82, 2.24) is 0 Å². The van der Waals surface area contributed by atoms with Crippen LogP contribution in [0.5, 0.6) is 0 Å². The van der Waals surface area contributed by atoms with E-state index >= 15 is 0 Å². The fourth-order valence-corrected chi connectivity index (χ4v) is 4.55. The number of aliphatic hydroxyl groups is 1. The molecule has 9 nitrogen and oxygen atoms in total. The van der Waals surface area contributed by atoms with E-state index in [1.165, 1.54) is 26.0 Å². The lowest BCUT2D eigenvalue weighted by atomic mass is 10.2. The molecule has 2 N–H and O–H groups in total. The maximum absolute atomic E-state index is 13.4. The van der Waals surface area contributed by atoms with E-state index < -0.39 is 33.3 Å². The molecule has 0 atom stereocenters. The number of hydrogen-bond acceptors (Lipinski definition) is 8. The maximum atomic E-state index is 13.4. The molecule has 0 bridgehead atoms. The molecule has 2 aromatic rings. The van der Waals surface area contributed by atoms with Crippen molar-refractivity contribution >= 4 is 33.3 Å². The molecule has 0 aliphatic carbocycles. The van der Waals surface area contributed by atoms with Crippen LogP contribution >= 0.6 is 0 Å². The smallest absolute Gasteiger partial charge is 0.350 e. The number of nitrogens with one attached hydrogen (secondary N) is 1. The first-order chi connectivity index (χ1) is 14.7. The second kappa shape index (κ2) is 8.78. The number of cyclic esters (lactones) is 2. The van der Waals surface area contributed by atoms with Crippen molar-refractivity contribution in [2.45, 2.75) is 24.5 Å². The lowest BCUT2D eigenvalue weighted by Gasteiger charge is -2.29. The molecule has 1 aliphatic heterocycles. The number of carbonyl (C=O) groups is 2. The van der Waals surface area contributed by atoms with Crippen LogP contribution in [0.4, 0.5) is 11.4 Å². The molecular formula is C21H22N2O7S. The summed E-state index contributed by atoms with van der Waals surface area (Å²) in [6, 6.07) is 14.3. The maximum Gasteiger partial charge on any atom is 0.350 e. The summed E-state index contributed by atoms with van der Waals surface area (Å²) in [5.74, 6) is -3.16. The fourth-order valence-electron chi connectivity index (χ4n) is 2.93. The van der Waals surface area contributed by atoms with Crippen LogP contribution < -0.4 is 9.62 Å². The highest BCUT2D eigenvalue weighted by Gasteiger charge is 2.39. The van der Waals surface area contributed by atoms with E-state index in [1.54, 1.807) is 42.5 Å². The van der Waals surface area contributed by atoms with Crippen molar-refractivity contribution in [1.29, 1.82) is 0 Å². The molecule has 1 saturated heterocycles. The van der Waals surface area contributed by atoms with Crippen LogP contribution in [0.25, 0.3) is 0 Å². The molecule has 2 aromatic carbocycles. The summed E-state index contributed by atoms with van der Waals surface area (Å²) in [5, 5.41) is 12.1. The van der Waals surface area contributed by atoms with E-state index in [0.717, 1.165) is 10.5 Å². The van der Waals surface area contributed by atoms with Gasteiger partial charge in [0.25, 0.3) is 15.8 Å². The van der Waals surface area contributed by atoms with Crippen molar-refractivity contribution in [2.24, 2.45) is 0 Å². The average molecular weight is 446 g/mol. The number of anilines is 2. The molecule has 10 heteroatoms. The molecule has 0 aromatic heterocycles. The summed E-state index contributed by atoms with van der Waals surface area (Å²) in [6.45, 7) is 2.30. The number of ether oxygens (including phenoxy) is 2. The number of nitrogens with zero attached hydrogens (tertiary/aromatic N) is 1. The highest BCUT2D eigenvalue weighted by molar-refractivity contribution is 7.93. The first kappa shape index (κ1) is 22.3. The van der Waals surface area contributed by atoms with Gasteiger partial charge >= 0.3 is 11.9 Å².